The number of piperidine rings is 1. The number of nitrogens with zero attached hydrogens (tertiary/aromatic N) is 1. The SMILES string of the molecule is O=C1OCC2(CCN(C(=O)C[C@H]3CCc4ccccc43)CC2)O1. The second-order valence-corrected chi connectivity index (χ2v) is 6.84. The fraction of sp³-hybridized carbons (Fsp3) is 0.556. The molecular formula is C18H21NO4. The third-order valence-corrected chi connectivity index (χ3v) is 5.46. The van der Waals surface area contributed by atoms with E-state index in [0.717, 1.165) is 12.8 Å². The third kappa shape index (κ3) is 2.69. The number of ether oxygens (including phenoxy) is 2. The molecule has 5 nitrogen and oxygen atoms in total. The topological polar surface area (TPSA) is 55.8 Å². The summed E-state index contributed by atoms with van der Waals surface area (Å²) in [6.45, 7) is 1.61. The molecule has 1 atom stereocenters. The van der Waals surface area contributed by atoms with Crippen LogP contribution in [0, 0.1) is 0 Å². The van der Waals surface area contributed by atoms with Gasteiger partial charge in [0.05, 0.1) is 0 Å². The average molecular weight is 315 g/mol. The number of hydrogen-bond donors (Lipinski definition) is 0. The van der Waals surface area contributed by atoms with Gasteiger partial charge in [-0.25, -0.2) is 4.79 Å². The Balaban J connectivity index is 1.35. The molecule has 1 aliphatic carbocycles. The van der Waals surface area contributed by atoms with Crippen molar-refractivity contribution in [3.05, 3.63) is 35.4 Å². The number of carbonyl (C=O) groups is 2. The summed E-state index contributed by atoms with van der Waals surface area (Å²) in [5.74, 6) is 0.564. The number of carbonyl (C=O) groups excluding carboxylic acids is 2. The van der Waals surface area contributed by atoms with Crippen LogP contribution in [0.4, 0.5) is 4.79 Å². The molecule has 3 aliphatic rings. The molecule has 122 valence electrons. The van der Waals surface area contributed by atoms with E-state index in [0.29, 0.717) is 44.9 Å². The molecule has 4 rings (SSSR count). The second kappa shape index (κ2) is 5.55. The highest BCUT2D eigenvalue weighted by molar-refractivity contribution is 5.77. The van der Waals surface area contributed by atoms with Gasteiger partial charge in [0.25, 0.3) is 0 Å². The summed E-state index contributed by atoms with van der Waals surface area (Å²) in [6, 6.07) is 8.44. The fourth-order valence-corrected chi connectivity index (χ4v) is 4.03. The number of hydrogen-bond acceptors (Lipinski definition) is 4. The monoisotopic (exact) mass is 315 g/mol. The van der Waals surface area contributed by atoms with Crippen molar-refractivity contribution in [1.29, 1.82) is 0 Å². The van der Waals surface area contributed by atoms with E-state index in [9.17, 15) is 9.59 Å². The van der Waals surface area contributed by atoms with Crippen LogP contribution >= 0.6 is 0 Å². The van der Waals surface area contributed by atoms with E-state index in [2.05, 4.69) is 24.3 Å². The van der Waals surface area contributed by atoms with Gasteiger partial charge in [-0.15, -0.1) is 0 Å². The number of likely N-dealkylation sites (tertiary alicyclic amines) is 1. The van der Waals surface area contributed by atoms with E-state index in [1.165, 1.54) is 11.1 Å². The van der Waals surface area contributed by atoms with Crippen LogP contribution in [-0.2, 0) is 20.7 Å². The van der Waals surface area contributed by atoms with Crippen molar-refractivity contribution in [3.63, 3.8) is 0 Å². The molecule has 23 heavy (non-hydrogen) atoms. The van der Waals surface area contributed by atoms with Gasteiger partial charge in [-0.1, -0.05) is 24.3 Å². The van der Waals surface area contributed by atoms with Crippen molar-refractivity contribution in [2.45, 2.75) is 43.6 Å². The molecule has 2 saturated heterocycles. The van der Waals surface area contributed by atoms with Gasteiger partial charge in [-0.3, -0.25) is 4.79 Å². The molecule has 5 heteroatoms. The van der Waals surface area contributed by atoms with Gasteiger partial charge in [0.15, 0.2) is 5.60 Å². The van der Waals surface area contributed by atoms with Crippen LogP contribution in [0.25, 0.3) is 0 Å². The first-order valence-corrected chi connectivity index (χ1v) is 8.37. The van der Waals surface area contributed by atoms with Crippen molar-refractivity contribution >= 4 is 12.1 Å². The molecule has 1 aromatic carbocycles. The van der Waals surface area contributed by atoms with Crippen LogP contribution in [-0.4, -0.2) is 42.3 Å². The first kappa shape index (κ1) is 14.5. The molecule has 0 unspecified atom stereocenters. The van der Waals surface area contributed by atoms with E-state index in [4.69, 9.17) is 9.47 Å². The normalized spacial score (nSPS) is 25.1. The van der Waals surface area contributed by atoms with Gasteiger partial charge in [0.2, 0.25) is 5.91 Å². The number of benzene rings is 1. The lowest BCUT2D eigenvalue weighted by atomic mass is 9.91. The number of amides is 1. The minimum Gasteiger partial charge on any atom is -0.430 e. The maximum atomic E-state index is 12.6. The van der Waals surface area contributed by atoms with Gasteiger partial charge in [-0.05, 0) is 29.9 Å². The lowest BCUT2D eigenvalue weighted by molar-refractivity contribution is -0.135. The first-order valence-electron chi connectivity index (χ1n) is 8.37. The van der Waals surface area contributed by atoms with Crippen LogP contribution in [0.3, 0.4) is 0 Å². The molecule has 2 fully saturated rings. The van der Waals surface area contributed by atoms with E-state index in [-0.39, 0.29) is 5.91 Å². The minimum atomic E-state index is -0.577. The molecule has 0 bridgehead atoms. The summed E-state index contributed by atoms with van der Waals surface area (Å²) in [6.07, 6.45) is 3.49. The summed E-state index contributed by atoms with van der Waals surface area (Å²) >= 11 is 0. The maximum Gasteiger partial charge on any atom is 0.509 e. The van der Waals surface area contributed by atoms with Crippen LogP contribution in [0.1, 0.15) is 42.7 Å². The molecule has 1 spiro atoms. The molecule has 0 radical (unpaired) electrons. The van der Waals surface area contributed by atoms with E-state index >= 15 is 0 Å². The van der Waals surface area contributed by atoms with Crippen molar-refractivity contribution < 1.29 is 19.1 Å². The first-order chi connectivity index (χ1) is 11.2. The highest BCUT2D eigenvalue weighted by Gasteiger charge is 2.45. The van der Waals surface area contributed by atoms with Crippen LogP contribution in [0.2, 0.25) is 0 Å². The van der Waals surface area contributed by atoms with Crippen molar-refractivity contribution in [2.24, 2.45) is 0 Å². The van der Waals surface area contributed by atoms with Crippen LogP contribution < -0.4 is 0 Å². The zero-order valence-corrected chi connectivity index (χ0v) is 13.1. The van der Waals surface area contributed by atoms with E-state index in [1.54, 1.807) is 0 Å². The minimum absolute atomic E-state index is 0.215. The van der Waals surface area contributed by atoms with Gasteiger partial charge in [0.1, 0.15) is 6.61 Å². The highest BCUT2D eigenvalue weighted by atomic mass is 16.8. The summed E-state index contributed by atoms with van der Waals surface area (Å²) in [5, 5.41) is 0. The highest BCUT2D eigenvalue weighted by Crippen LogP contribution is 2.37. The predicted octanol–water partition coefficient (Wildman–Crippen LogP) is 2.63. The van der Waals surface area contributed by atoms with Gasteiger partial charge in [0, 0.05) is 32.4 Å². The summed E-state index contributed by atoms with van der Waals surface area (Å²) in [4.78, 5) is 25.7. The summed E-state index contributed by atoms with van der Waals surface area (Å²) < 4.78 is 10.2. The molecule has 0 saturated carbocycles. The Labute approximate surface area is 135 Å². The van der Waals surface area contributed by atoms with Crippen molar-refractivity contribution in [2.75, 3.05) is 19.7 Å². The smallest absolute Gasteiger partial charge is 0.430 e. The van der Waals surface area contributed by atoms with Gasteiger partial charge in [-0.2, -0.15) is 0 Å². The van der Waals surface area contributed by atoms with Crippen LogP contribution in [0.5, 0.6) is 0 Å². The molecule has 1 aromatic rings. The Hall–Kier alpha value is -2.04. The second-order valence-electron chi connectivity index (χ2n) is 6.84. The molecule has 0 aromatic heterocycles. The van der Waals surface area contributed by atoms with E-state index < -0.39 is 11.8 Å². The predicted molar refractivity (Wildman–Crippen MR) is 83.1 cm³/mol. The quantitative estimate of drug-likeness (QED) is 0.787. The Morgan fingerprint density at radius 2 is 2.04 bits per heavy atom. The third-order valence-electron chi connectivity index (χ3n) is 5.46. The Kier molecular flexibility index (Phi) is 3.51. The molecule has 2 heterocycles. The molecular weight excluding hydrogens is 294 g/mol. The fourth-order valence-electron chi connectivity index (χ4n) is 4.03. The number of aryl methyl sites for hydroxylation is 1. The number of rotatable bonds is 2. The molecule has 2 aliphatic heterocycles. The molecule has 1 amide bonds. The van der Waals surface area contributed by atoms with Crippen molar-refractivity contribution in [3.8, 4) is 0 Å². The molecule has 0 N–H and O–H groups in total. The van der Waals surface area contributed by atoms with E-state index in [1.807, 2.05) is 4.90 Å². The zero-order chi connectivity index (χ0) is 15.9. The summed E-state index contributed by atoms with van der Waals surface area (Å²) in [7, 11) is 0. The van der Waals surface area contributed by atoms with Crippen molar-refractivity contribution in [1.82, 2.24) is 4.90 Å². The van der Waals surface area contributed by atoms with Gasteiger partial charge >= 0.3 is 6.16 Å². The average Bonchev–Trinajstić information content (AvgIpc) is 3.13. The lowest BCUT2D eigenvalue weighted by Crippen LogP contribution is -2.48. The standard InChI is InChI=1S/C18H21NO4/c20-16(11-14-6-5-13-3-1-2-4-15(13)14)19-9-7-18(8-10-19)12-22-17(21)23-18/h1-4,14H,5-12H2/t14-/m1/s1. The van der Waals surface area contributed by atoms with Crippen LogP contribution in [0.15, 0.2) is 24.3 Å². The Morgan fingerprint density at radius 1 is 1.26 bits per heavy atom. The number of cyclic esters (lactones) is 1. The van der Waals surface area contributed by atoms with Gasteiger partial charge < -0.3 is 14.4 Å². The lowest BCUT2D eigenvalue weighted by Gasteiger charge is -2.36. The Bertz CT molecular complexity index is 634. The number of fused-ring (bicyclic) bond motifs is 1. The Morgan fingerprint density at radius 3 is 2.78 bits per heavy atom. The maximum absolute atomic E-state index is 12.6. The summed E-state index contributed by atoms with van der Waals surface area (Å²) in [5.41, 5.74) is 2.23. The largest absolute Gasteiger partial charge is 0.509 e. The zero-order valence-electron chi connectivity index (χ0n) is 13.1.